The standard InChI is InChI=1S/C9H8O3Si/c10-9-8(12-13)5-6-3-1-2-4-7(6)11-9/h1-5H,13H3. The summed E-state index contributed by atoms with van der Waals surface area (Å²) in [6, 6.07) is 9.05. The van der Waals surface area contributed by atoms with Crippen LogP contribution in [0.4, 0.5) is 0 Å². The topological polar surface area (TPSA) is 39.4 Å². The van der Waals surface area contributed by atoms with Crippen molar-refractivity contribution >= 4 is 21.5 Å². The molecule has 0 amide bonds. The Labute approximate surface area is 77.5 Å². The van der Waals surface area contributed by atoms with Crippen molar-refractivity contribution in [2.45, 2.75) is 0 Å². The molecule has 13 heavy (non-hydrogen) atoms. The Morgan fingerprint density at radius 2 is 2.08 bits per heavy atom. The van der Waals surface area contributed by atoms with E-state index in [2.05, 4.69) is 0 Å². The third-order valence-corrected chi connectivity index (χ3v) is 2.27. The van der Waals surface area contributed by atoms with Gasteiger partial charge < -0.3 is 8.84 Å². The zero-order chi connectivity index (χ0) is 9.26. The number of hydrogen-bond donors (Lipinski definition) is 0. The van der Waals surface area contributed by atoms with Crippen LogP contribution in [-0.2, 0) is 0 Å². The van der Waals surface area contributed by atoms with E-state index in [1.165, 1.54) is 0 Å². The molecule has 0 saturated carbocycles. The Bertz CT molecular complexity index is 489. The van der Waals surface area contributed by atoms with E-state index in [9.17, 15) is 4.79 Å². The molecule has 66 valence electrons. The van der Waals surface area contributed by atoms with Gasteiger partial charge in [-0.1, -0.05) is 18.2 Å². The third kappa shape index (κ3) is 1.36. The fourth-order valence-electron chi connectivity index (χ4n) is 1.19. The highest BCUT2D eigenvalue weighted by Crippen LogP contribution is 2.15. The fraction of sp³-hybridized carbons (Fsp3) is 0. The molecular weight excluding hydrogens is 184 g/mol. The monoisotopic (exact) mass is 192 g/mol. The molecule has 0 spiro atoms. The van der Waals surface area contributed by atoms with Gasteiger partial charge in [0.15, 0.2) is 5.75 Å². The summed E-state index contributed by atoms with van der Waals surface area (Å²) in [6.07, 6.45) is 0. The largest absolute Gasteiger partial charge is 0.548 e. The van der Waals surface area contributed by atoms with Crippen molar-refractivity contribution in [2.24, 2.45) is 0 Å². The molecule has 0 atom stereocenters. The fourth-order valence-corrected chi connectivity index (χ4v) is 1.47. The maximum atomic E-state index is 11.2. The van der Waals surface area contributed by atoms with Crippen molar-refractivity contribution in [2.75, 3.05) is 0 Å². The molecule has 0 aliphatic heterocycles. The number of hydrogen-bond acceptors (Lipinski definition) is 3. The van der Waals surface area contributed by atoms with Gasteiger partial charge in [0, 0.05) is 5.39 Å². The summed E-state index contributed by atoms with van der Waals surface area (Å²) in [5, 5.41) is 0.882. The smallest absolute Gasteiger partial charge is 0.377 e. The molecule has 0 radical (unpaired) electrons. The molecule has 0 fully saturated rings. The first kappa shape index (κ1) is 8.06. The number of fused-ring (bicyclic) bond motifs is 1. The molecule has 0 saturated heterocycles. The number of rotatable bonds is 1. The lowest BCUT2D eigenvalue weighted by atomic mass is 10.2. The second-order valence-electron chi connectivity index (χ2n) is 2.64. The molecule has 2 aromatic rings. The van der Waals surface area contributed by atoms with Gasteiger partial charge in [-0.25, -0.2) is 4.79 Å². The minimum atomic E-state index is -0.409. The van der Waals surface area contributed by atoms with Gasteiger partial charge >= 0.3 is 5.63 Å². The quantitative estimate of drug-likeness (QED) is 0.486. The van der Waals surface area contributed by atoms with E-state index in [0.29, 0.717) is 21.8 Å². The summed E-state index contributed by atoms with van der Waals surface area (Å²) in [5.74, 6) is 0.297. The lowest BCUT2D eigenvalue weighted by Crippen LogP contribution is -2.03. The van der Waals surface area contributed by atoms with E-state index in [1.807, 2.05) is 18.2 Å². The van der Waals surface area contributed by atoms with Crippen LogP contribution < -0.4 is 10.1 Å². The Morgan fingerprint density at radius 3 is 2.85 bits per heavy atom. The van der Waals surface area contributed by atoms with E-state index in [1.54, 1.807) is 12.1 Å². The van der Waals surface area contributed by atoms with Crippen molar-refractivity contribution in [3.8, 4) is 5.75 Å². The lowest BCUT2D eigenvalue weighted by molar-refractivity contribution is 0.504. The zero-order valence-electron chi connectivity index (χ0n) is 7.11. The van der Waals surface area contributed by atoms with Gasteiger partial charge in [-0.3, -0.25) is 0 Å². The maximum Gasteiger partial charge on any atom is 0.377 e. The van der Waals surface area contributed by atoms with Crippen LogP contribution in [-0.4, -0.2) is 10.5 Å². The molecule has 0 aliphatic carbocycles. The van der Waals surface area contributed by atoms with Crippen molar-refractivity contribution in [1.29, 1.82) is 0 Å². The van der Waals surface area contributed by atoms with Crippen LogP contribution in [0.2, 0.25) is 0 Å². The second kappa shape index (κ2) is 3.06. The average Bonchev–Trinajstić information content (AvgIpc) is 2.17. The Morgan fingerprint density at radius 1 is 1.31 bits per heavy atom. The molecule has 4 heteroatoms. The first-order valence-corrected chi connectivity index (χ1v) is 4.70. The van der Waals surface area contributed by atoms with Crippen LogP contribution >= 0.6 is 0 Å². The molecule has 1 aromatic carbocycles. The van der Waals surface area contributed by atoms with Gasteiger partial charge in [-0.15, -0.1) is 0 Å². The summed E-state index contributed by atoms with van der Waals surface area (Å²) in [7, 11) is 0.491. The highest BCUT2D eigenvalue weighted by atomic mass is 28.2. The molecule has 0 unspecified atom stereocenters. The van der Waals surface area contributed by atoms with E-state index in [0.717, 1.165) is 5.39 Å². The molecule has 0 N–H and O–H groups in total. The first-order chi connectivity index (χ1) is 6.31. The predicted octanol–water partition coefficient (Wildman–Crippen LogP) is 0.452. The minimum absolute atomic E-state index is 0.297. The van der Waals surface area contributed by atoms with Crippen LogP contribution in [0.25, 0.3) is 11.0 Å². The summed E-state index contributed by atoms with van der Waals surface area (Å²) >= 11 is 0. The molecule has 0 aliphatic rings. The summed E-state index contributed by atoms with van der Waals surface area (Å²) in [5.41, 5.74) is 0.184. The Hall–Kier alpha value is -1.55. The molecule has 2 rings (SSSR count). The van der Waals surface area contributed by atoms with Gasteiger partial charge in [0.05, 0.1) is 0 Å². The van der Waals surface area contributed by atoms with E-state index < -0.39 is 5.63 Å². The van der Waals surface area contributed by atoms with Crippen molar-refractivity contribution < 1.29 is 8.84 Å². The molecule has 1 aromatic heterocycles. The van der Waals surface area contributed by atoms with Crippen LogP contribution in [0.3, 0.4) is 0 Å². The lowest BCUT2D eigenvalue weighted by Gasteiger charge is -1.99. The van der Waals surface area contributed by atoms with Crippen LogP contribution in [0.15, 0.2) is 39.5 Å². The van der Waals surface area contributed by atoms with Gasteiger partial charge in [0.25, 0.3) is 0 Å². The molecule has 3 nitrogen and oxygen atoms in total. The van der Waals surface area contributed by atoms with Gasteiger partial charge in [-0.2, -0.15) is 0 Å². The van der Waals surface area contributed by atoms with Crippen molar-refractivity contribution in [1.82, 2.24) is 0 Å². The SMILES string of the molecule is O=c1oc2ccccc2cc1O[SiH3]. The van der Waals surface area contributed by atoms with Crippen LogP contribution in [0.5, 0.6) is 5.75 Å². The maximum absolute atomic E-state index is 11.2. The third-order valence-electron chi connectivity index (χ3n) is 1.83. The number of para-hydroxylation sites is 1. The second-order valence-corrected chi connectivity index (χ2v) is 3.05. The highest BCUT2D eigenvalue weighted by molar-refractivity contribution is 6.00. The van der Waals surface area contributed by atoms with Crippen LogP contribution in [0.1, 0.15) is 0 Å². The summed E-state index contributed by atoms with van der Waals surface area (Å²) in [6.45, 7) is 0. The molecular formula is C9H8O3Si. The predicted molar refractivity (Wildman–Crippen MR) is 53.1 cm³/mol. The first-order valence-electron chi connectivity index (χ1n) is 3.88. The highest BCUT2D eigenvalue weighted by Gasteiger charge is 2.02. The minimum Gasteiger partial charge on any atom is -0.548 e. The van der Waals surface area contributed by atoms with Crippen molar-refractivity contribution in [3.05, 3.63) is 40.8 Å². The van der Waals surface area contributed by atoms with E-state index >= 15 is 0 Å². The zero-order valence-corrected chi connectivity index (χ0v) is 9.11. The van der Waals surface area contributed by atoms with E-state index in [-0.39, 0.29) is 0 Å². The number of benzene rings is 1. The normalized spacial score (nSPS) is 10.5. The van der Waals surface area contributed by atoms with Gasteiger partial charge in [-0.05, 0) is 12.1 Å². The molecule has 1 heterocycles. The van der Waals surface area contributed by atoms with Gasteiger partial charge in [0.1, 0.15) is 5.58 Å². The summed E-state index contributed by atoms with van der Waals surface area (Å²) in [4.78, 5) is 11.2. The Balaban J connectivity index is 2.81. The van der Waals surface area contributed by atoms with E-state index in [4.69, 9.17) is 8.84 Å². The van der Waals surface area contributed by atoms with Crippen LogP contribution in [0, 0.1) is 0 Å². The van der Waals surface area contributed by atoms with Crippen molar-refractivity contribution in [3.63, 3.8) is 0 Å². The molecule has 0 bridgehead atoms. The summed E-state index contributed by atoms with van der Waals surface area (Å²) < 4.78 is 10.0. The average molecular weight is 192 g/mol. The van der Waals surface area contributed by atoms with Gasteiger partial charge in [0.2, 0.25) is 10.5 Å². The Kier molecular flexibility index (Phi) is 1.90.